The van der Waals surface area contributed by atoms with Crippen LogP contribution in [0.4, 0.5) is 4.79 Å². The van der Waals surface area contributed by atoms with Gasteiger partial charge in [0.05, 0.1) is 11.2 Å². The third-order valence-corrected chi connectivity index (χ3v) is 7.11. The van der Waals surface area contributed by atoms with E-state index in [0.29, 0.717) is 13.1 Å². The highest BCUT2D eigenvalue weighted by Gasteiger charge is 2.52. The maximum atomic E-state index is 12.4. The minimum absolute atomic E-state index is 0.197. The summed E-state index contributed by atoms with van der Waals surface area (Å²) in [6.07, 6.45) is 3.32. The summed E-state index contributed by atoms with van der Waals surface area (Å²) in [4.78, 5) is 14.2. The number of rotatable bonds is 1. The fourth-order valence-electron chi connectivity index (χ4n) is 4.44. The van der Waals surface area contributed by atoms with Gasteiger partial charge in [0.15, 0.2) is 0 Å². The van der Waals surface area contributed by atoms with Crippen molar-refractivity contribution in [3.63, 3.8) is 0 Å². The summed E-state index contributed by atoms with van der Waals surface area (Å²) in [6.45, 7) is 15.3. The predicted molar refractivity (Wildman–Crippen MR) is 121 cm³/mol. The number of hydrogen-bond acceptors (Lipinski definition) is 5. The fraction of sp³-hybridized carbons (Fsp3) is 0.708. The van der Waals surface area contributed by atoms with Crippen LogP contribution in [0.3, 0.4) is 0 Å². The molecule has 0 radical (unpaired) electrons. The van der Waals surface area contributed by atoms with Gasteiger partial charge in [0.25, 0.3) is 0 Å². The lowest BCUT2D eigenvalue weighted by atomic mass is 9.76. The van der Waals surface area contributed by atoms with E-state index in [4.69, 9.17) is 18.8 Å². The van der Waals surface area contributed by atoms with Crippen LogP contribution >= 0.6 is 0 Å². The molecule has 0 N–H and O–H groups in total. The molecule has 0 aliphatic carbocycles. The summed E-state index contributed by atoms with van der Waals surface area (Å²) >= 11 is 0. The van der Waals surface area contributed by atoms with Gasteiger partial charge in [-0.1, -0.05) is 12.1 Å². The molecule has 3 aliphatic heterocycles. The Bertz CT molecular complexity index is 836. The van der Waals surface area contributed by atoms with Crippen LogP contribution in [0.2, 0.25) is 0 Å². The van der Waals surface area contributed by atoms with Crippen LogP contribution < -0.4 is 10.2 Å². The first-order chi connectivity index (χ1) is 14.3. The van der Waals surface area contributed by atoms with Crippen molar-refractivity contribution in [1.82, 2.24) is 4.90 Å². The van der Waals surface area contributed by atoms with Gasteiger partial charge in [-0.25, -0.2) is 4.79 Å². The number of carbonyl (C=O) groups excluding carboxylic acids is 1. The summed E-state index contributed by atoms with van der Waals surface area (Å²) in [5, 5.41) is 0. The van der Waals surface area contributed by atoms with Gasteiger partial charge >= 0.3 is 13.2 Å². The highest BCUT2D eigenvalue weighted by atomic mass is 16.7. The van der Waals surface area contributed by atoms with Gasteiger partial charge in [-0.15, -0.1) is 0 Å². The van der Waals surface area contributed by atoms with Gasteiger partial charge in [-0.3, -0.25) is 0 Å². The number of carbonyl (C=O) groups is 1. The maximum Gasteiger partial charge on any atom is 0.494 e. The first-order valence-corrected chi connectivity index (χ1v) is 11.4. The Morgan fingerprint density at radius 1 is 1.03 bits per heavy atom. The van der Waals surface area contributed by atoms with E-state index in [1.165, 1.54) is 5.56 Å². The van der Waals surface area contributed by atoms with Gasteiger partial charge in [0.1, 0.15) is 17.0 Å². The molecule has 4 rings (SSSR count). The molecule has 3 heterocycles. The normalized spacial score (nSPS) is 24.0. The molecular formula is C24H36BNO5. The van der Waals surface area contributed by atoms with E-state index in [9.17, 15) is 4.79 Å². The Morgan fingerprint density at radius 3 is 2.23 bits per heavy atom. The highest BCUT2D eigenvalue weighted by Crippen LogP contribution is 2.40. The third-order valence-electron chi connectivity index (χ3n) is 7.11. The summed E-state index contributed by atoms with van der Waals surface area (Å²) in [7, 11) is -0.358. The molecule has 1 spiro atoms. The van der Waals surface area contributed by atoms with Crippen molar-refractivity contribution in [2.45, 2.75) is 96.6 Å². The van der Waals surface area contributed by atoms with Gasteiger partial charge in [0, 0.05) is 25.9 Å². The van der Waals surface area contributed by atoms with Crippen LogP contribution in [-0.2, 0) is 20.5 Å². The molecule has 0 aromatic heterocycles. The number of nitrogens with zero attached hydrogens (tertiary/aromatic N) is 1. The SMILES string of the molecule is CC(C)(C)OC(=O)N1CCC2(CCc3cc(B4OC(C)(C)C(C)(C)O4)ccc3O2)CC1. The molecule has 1 amide bonds. The second kappa shape index (κ2) is 7.41. The second-order valence-electron chi connectivity index (χ2n) is 11.2. The molecule has 7 heteroatoms. The van der Waals surface area contributed by atoms with Gasteiger partial charge in [-0.05, 0) is 78.4 Å². The number of benzene rings is 1. The summed E-state index contributed by atoms with van der Waals surface area (Å²) < 4.78 is 24.5. The molecule has 31 heavy (non-hydrogen) atoms. The molecule has 0 bridgehead atoms. The summed E-state index contributed by atoms with van der Waals surface area (Å²) in [6, 6.07) is 6.27. The third kappa shape index (κ3) is 4.44. The van der Waals surface area contributed by atoms with Crippen molar-refractivity contribution in [3.8, 4) is 5.75 Å². The topological polar surface area (TPSA) is 57.2 Å². The Hall–Kier alpha value is -1.73. The number of piperidine rings is 1. The lowest BCUT2D eigenvalue weighted by molar-refractivity contribution is -0.0272. The molecule has 2 saturated heterocycles. The maximum absolute atomic E-state index is 12.4. The quantitative estimate of drug-likeness (QED) is 0.630. The van der Waals surface area contributed by atoms with Crippen LogP contribution in [0.15, 0.2) is 18.2 Å². The number of ether oxygens (including phenoxy) is 2. The number of amides is 1. The Kier molecular flexibility index (Phi) is 5.37. The van der Waals surface area contributed by atoms with Crippen molar-refractivity contribution in [2.75, 3.05) is 13.1 Å². The van der Waals surface area contributed by atoms with Crippen molar-refractivity contribution >= 4 is 18.7 Å². The Balaban J connectivity index is 1.41. The standard InChI is InChI=1S/C24H36BNO5/c1-21(2,3)29-20(27)26-14-12-24(13-15-26)11-10-17-16-18(8-9-19(17)28-24)25-30-22(4,5)23(6,7)31-25/h8-9,16H,10-15H2,1-7H3. The Morgan fingerprint density at radius 2 is 1.65 bits per heavy atom. The van der Waals surface area contributed by atoms with E-state index < -0.39 is 5.60 Å². The molecule has 2 fully saturated rings. The molecule has 170 valence electrons. The minimum Gasteiger partial charge on any atom is -0.487 e. The van der Waals surface area contributed by atoms with E-state index in [1.807, 2.05) is 20.8 Å². The average molecular weight is 429 g/mol. The Labute approximate surface area is 186 Å². The number of aryl methyl sites for hydroxylation is 1. The highest BCUT2D eigenvalue weighted by molar-refractivity contribution is 6.62. The van der Waals surface area contributed by atoms with Crippen LogP contribution in [0.5, 0.6) is 5.75 Å². The molecule has 0 saturated carbocycles. The van der Waals surface area contributed by atoms with Crippen molar-refractivity contribution in [1.29, 1.82) is 0 Å². The van der Waals surface area contributed by atoms with Crippen LogP contribution in [0, 0.1) is 0 Å². The second-order valence-corrected chi connectivity index (χ2v) is 11.2. The van der Waals surface area contributed by atoms with Gasteiger partial charge < -0.3 is 23.7 Å². The molecule has 1 aromatic rings. The molecule has 0 atom stereocenters. The molecule has 3 aliphatic rings. The van der Waals surface area contributed by atoms with Gasteiger partial charge in [0.2, 0.25) is 0 Å². The first-order valence-electron chi connectivity index (χ1n) is 11.4. The lowest BCUT2D eigenvalue weighted by Crippen LogP contribution is -2.52. The number of hydrogen-bond donors (Lipinski definition) is 0. The zero-order valence-corrected chi connectivity index (χ0v) is 20.0. The van der Waals surface area contributed by atoms with E-state index in [0.717, 1.165) is 36.9 Å². The molecular weight excluding hydrogens is 393 g/mol. The largest absolute Gasteiger partial charge is 0.494 e. The monoisotopic (exact) mass is 429 g/mol. The van der Waals surface area contributed by atoms with E-state index >= 15 is 0 Å². The van der Waals surface area contributed by atoms with E-state index in [1.54, 1.807) is 4.90 Å². The molecule has 1 aromatic carbocycles. The zero-order valence-electron chi connectivity index (χ0n) is 20.0. The number of likely N-dealkylation sites (tertiary alicyclic amines) is 1. The van der Waals surface area contributed by atoms with E-state index in [2.05, 4.69) is 45.9 Å². The fourth-order valence-corrected chi connectivity index (χ4v) is 4.44. The molecule has 6 nitrogen and oxygen atoms in total. The molecule has 0 unspecified atom stereocenters. The summed E-state index contributed by atoms with van der Waals surface area (Å²) in [5.74, 6) is 0.942. The average Bonchev–Trinajstić information content (AvgIpc) is 2.88. The predicted octanol–water partition coefficient (Wildman–Crippen LogP) is 4.08. The van der Waals surface area contributed by atoms with Gasteiger partial charge in [-0.2, -0.15) is 0 Å². The zero-order chi connectivity index (χ0) is 22.7. The van der Waals surface area contributed by atoms with Crippen molar-refractivity contribution in [3.05, 3.63) is 23.8 Å². The van der Waals surface area contributed by atoms with Crippen LogP contribution in [0.1, 0.15) is 73.3 Å². The minimum atomic E-state index is -0.471. The summed E-state index contributed by atoms with van der Waals surface area (Å²) in [5.41, 5.74) is 0.870. The van der Waals surface area contributed by atoms with Crippen molar-refractivity contribution in [2.24, 2.45) is 0 Å². The van der Waals surface area contributed by atoms with Crippen molar-refractivity contribution < 1.29 is 23.6 Å². The number of fused-ring (bicyclic) bond motifs is 1. The first kappa shape index (κ1) is 22.5. The van der Waals surface area contributed by atoms with E-state index in [-0.39, 0.29) is 30.0 Å². The lowest BCUT2D eigenvalue weighted by Gasteiger charge is -2.44. The smallest absolute Gasteiger partial charge is 0.487 e. The van der Waals surface area contributed by atoms with Crippen LogP contribution in [0.25, 0.3) is 0 Å². The van der Waals surface area contributed by atoms with Crippen LogP contribution in [-0.4, -0.2) is 53.6 Å².